The van der Waals surface area contributed by atoms with Crippen LogP contribution in [0.15, 0.2) is 18.2 Å². The number of carbonyl (C=O) groups is 1. The van der Waals surface area contributed by atoms with E-state index >= 15 is 0 Å². The lowest BCUT2D eigenvalue weighted by Gasteiger charge is -2.39. The average Bonchev–Trinajstić information content (AvgIpc) is 3.43. The number of aliphatic hydroxyl groups is 4. The first-order chi connectivity index (χ1) is 18.2. The van der Waals surface area contributed by atoms with E-state index in [0.717, 1.165) is 44.1 Å². The molecule has 1 aliphatic heterocycles. The Morgan fingerprint density at radius 2 is 1.79 bits per heavy atom. The summed E-state index contributed by atoms with van der Waals surface area (Å²) >= 11 is 0. The van der Waals surface area contributed by atoms with Crippen LogP contribution in [0.25, 0.3) is 10.8 Å². The largest absolute Gasteiger partial charge is 0.506 e. The molecule has 0 aromatic heterocycles. The van der Waals surface area contributed by atoms with Crippen molar-refractivity contribution in [3.8, 4) is 17.2 Å². The third-order valence-corrected chi connectivity index (χ3v) is 7.77. The van der Waals surface area contributed by atoms with E-state index in [0.29, 0.717) is 29.0 Å². The quantitative estimate of drug-likeness (QED) is 0.291. The third kappa shape index (κ3) is 5.77. The zero-order chi connectivity index (χ0) is 27.6. The summed E-state index contributed by atoms with van der Waals surface area (Å²) < 4.78 is 17.0. The highest BCUT2D eigenvalue weighted by molar-refractivity contribution is 6.08. The van der Waals surface area contributed by atoms with Crippen molar-refractivity contribution >= 4 is 16.6 Å². The zero-order valence-corrected chi connectivity index (χ0v) is 22.3. The fourth-order valence-corrected chi connectivity index (χ4v) is 5.63. The topological polar surface area (TPSA) is 146 Å². The highest BCUT2D eigenvalue weighted by Gasteiger charge is 2.45. The van der Waals surface area contributed by atoms with Gasteiger partial charge in [-0.05, 0) is 54.2 Å². The maximum Gasteiger partial charge on any atom is 0.229 e. The lowest BCUT2D eigenvalue weighted by atomic mass is 9.86. The first-order valence-corrected chi connectivity index (χ1v) is 13.5. The number of fused-ring (bicyclic) bond motifs is 1. The monoisotopic (exact) mass is 532 g/mol. The molecule has 0 unspecified atom stereocenters. The van der Waals surface area contributed by atoms with Crippen LogP contribution in [0.1, 0.15) is 80.6 Å². The summed E-state index contributed by atoms with van der Waals surface area (Å²) in [5.74, 6) is 0.812. The van der Waals surface area contributed by atoms with Gasteiger partial charge in [-0.3, -0.25) is 4.79 Å². The van der Waals surface area contributed by atoms with Gasteiger partial charge in [0.15, 0.2) is 5.78 Å². The summed E-state index contributed by atoms with van der Waals surface area (Å²) in [6, 6.07) is 5.18. The highest BCUT2D eigenvalue weighted by atomic mass is 16.7. The molecule has 4 rings (SSSR count). The van der Waals surface area contributed by atoms with Crippen molar-refractivity contribution in [2.24, 2.45) is 5.92 Å². The molecule has 0 amide bonds. The molecule has 2 aliphatic rings. The average molecular weight is 533 g/mol. The Bertz CT molecular complexity index is 1120. The molecule has 5 atom stereocenters. The van der Waals surface area contributed by atoms with Gasteiger partial charge in [-0.1, -0.05) is 33.1 Å². The minimum absolute atomic E-state index is 0.0791. The second-order valence-electron chi connectivity index (χ2n) is 10.9. The summed E-state index contributed by atoms with van der Waals surface area (Å²) in [5.41, 5.74) is 1.13. The summed E-state index contributed by atoms with van der Waals surface area (Å²) in [5, 5.41) is 52.9. The number of methoxy groups -OCH3 is 1. The molecular formula is C29H40O9. The van der Waals surface area contributed by atoms with Crippen LogP contribution in [0, 0.1) is 5.92 Å². The summed E-state index contributed by atoms with van der Waals surface area (Å²) in [4.78, 5) is 13.5. The predicted octanol–water partition coefficient (Wildman–Crippen LogP) is 3.40. The van der Waals surface area contributed by atoms with Gasteiger partial charge in [0.1, 0.15) is 41.7 Å². The van der Waals surface area contributed by atoms with Crippen molar-refractivity contribution in [1.29, 1.82) is 0 Å². The number of phenolic OH excluding ortho intramolecular Hbond substituents is 1. The second-order valence-corrected chi connectivity index (χ2v) is 10.9. The van der Waals surface area contributed by atoms with E-state index in [1.807, 2.05) is 6.07 Å². The van der Waals surface area contributed by atoms with Crippen LogP contribution in [0.2, 0.25) is 0 Å². The van der Waals surface area contributed by atoms with E-state index in [2.05, 4.69) is 13.8 Å². The molecule has 2 fully saturated rings. The molecule has 1 saturated carbocycles. The third-order valence-electron chi connectivity index (χ3n) is 7.77. The molecule has 0 radical (unpaired) electrons. The van der Waals surface area contributed by atoms with Gasteiger partial charge in [0.2, 0.25) is 6.29 Å². The van der Waals surface area contributed by atoms with Crippen LogP contribution in [0.5, 0.6) is 17.2 Å². The lowest BCUT2D eigenvalue weighted by Crippen LogP contribution is -2.60. The van der Waals surface area contributed by atoms with Crippen LogP contribution < -0.4 is 9.47 Å². The fraction of sp³-hybridized carbons (Fsp3) is 0.621. The number of phenols is 1. The van der Waals surface area contributed by atoms with E-state index in [-0.39, 0.29) is 28.6 Å². The van der Waals surface area contributed by atoms with Crippen LogP contribution in [0.4, 0.5) is 0 Å². The molecule has 38 heavy (non-hydrogen) atoms. The van der Waals surface area contributed by atoms with Gasteiger partial charge in [-0.15, -0.1) is 0 Å². The molecular weight excluding hydrogens is 492 g/mol. The molecule has 1 saturated heterocycles. The van der Waals surface area contributed by atoms with Crippen LogP contribution in [-0.2, 0) is 4.74 Å². The number of aromatic hydroxyl groups is 1. The van der Waals surface area contributed by atoms with E-state index in [1.165, 1.54) is 13.2 Å². The Morgan fingerprint density at radius 1 is 1.08 bits per heavy atom. The summed E-state index contributed by atoms with van der Waals surface area (Å²) in [7, 11) is 1.49. The van der Waals surface area contributed by atoms with E-state index in [9.17, 15) is 30.3 Å². The molecule has 210 valence electrons. The number of ketones is 1. The van der Waals surface area contributed by atoms with E-state index in [1.54, 1.807) is 6.07 Å². The number of rotatable bonds is 10. The minimum Gasteiger partial charge on any atom is -0.506 e. The van der Waals surface area contributed by atoms with Gasteiger partial charge in [-0.25, -0.2) is 0 Å². The zero-order valence-electron chi connectivity index (χ0n) is 22.3. The smallest absolute Gasteiger partial charge is 0.229 e. The standard InChI is InChI=1S/C29H40O9/c1-15(2)7-6-10-20(31)24-19(16-8-4-5-9-16)12-17-11-18(36-3)13-21(23(17)26(24)33)37-29-28(35)27(34)25(32)22(14-30)38-29/h11-13,15-16,22,25,27-30,32-35H,4-10,14H2,1-3H3/t22-,25-,27+,28-,29-/m1/s1. The Kier molecular flexibility index (Phi) is 9.15. The Hall–Kier alpha value is -2.43. The SMILES string of the molecule is COc1cc(O[C@@H]2O[C@H](CO)[C@@H](O)[C@H](O)[C@H]2O)c2c(O)c(C(=O)CCCC(C)C)c(C3CCCC3)cc2c1. The van der Waals surface area contributed by atoms with Crippen molar-refractivity contribution in [3.63, 3.8) is 0 Å². The number of benzene rings is 2. The first-order valence-electron chi connectivity index (χ1n) is 13.5. The Morgan fingerprint density at radius 3 is 2.42 bits per heavy atom. The van der Waals surface area contributed by atoms with Crippen LogP contribution >= 0.6 is 0 Å². The molecule has 1 heterocycles. The van der Waals surface area contributed by atoms with Gasteiger partial charge in [-0.2, -0.15) is 0 Å². The van der Waals surface area contributed by atoms with Crippen molar-refractivity contribution in [2.75, 3.05) is 13.7 Å². The van der Waals surface area contributed by atoms with Crippen LogP contribution in [-0.4, -0.2) is 75.7 Å². The van der Waals surface area contributed by atoms with E-state index in [4.69, 9.17) is 14.2 Å². The highest BCUT2D eigenvalue weighted by Crippen LogP contribution is 2.46. The molecule has 9 nitrogen and oxygen atoms in total. The van der Waals surface area contributed by atoms with Gasteiger partial charge in [0.05, 0.1) is 24.7 Å². The molecule has 0 bridgehead atoms. The normalized spacial score (nSPS) is 26.3. The molecule has 2 aromatic rings. The number of hydrogen-bond donors (Lipinski definition) is 5. The van der Waals surface area contributed by atoms with Gasteiger partial charge >= 0.3 is 0 Å². The van der Waals surface area contributed by atoms with Gasteiger partial charge < -0.3 is 39.7 Å². The van der Waals surface area contributed by atoms with Gasteiger partial charge in [0, 0.05) is 12.5 Å². The predicted molar refractivity (Wildman–Crippen MR) is 141 cm³/mol. The molecule has 0 spiro atoms. The number of aliphatic hydroxyl groups excluding tert-OH is 4. The summed E-state index contributed by atoms with van der Waals surface area (Å²) in [6.45, 7) is 3.62. The second kappa shape index (κ2) is 12.2. The first kappa shape index (κ1) is 28.6. The van der Waals surface area contributed by atoms with Crippen molar-refractivity contribution < 1.29 is 44.5 Å². The van der Waals surface area contributed by atoms with Crippen molar-refractivity contribution in [1.82, 2.24) is 0 Å². The number of ether oxygens (including phenoxy) is 3. The minimum atomic E-state index is -1.63. The maximum absolute atomic E-state index is 13.5. The van der Waals surface area contributed by atoms with E-state index < -0.39 is 37.3 Å². The van der Waals surface area contributed by atoms with Crippen molar-refractivity contribution in [3.05, 3.63) is 29.3 Å². The Labute approximate surface area is 223 Å². The maximum atomic E-state index is 13.5. The number of carbonyl (C=O) groups excluding carboxylic acids is 1. The van der Waals surface area contributed by atoms with Crippen LogP contribution in [0.3, 0.4) is 0 Å². The number of hydrogen-bond acceptors (Lipinski definition) is 9. The molecule has 1 aliphatic carbocycles. The van der Waals surface area contributed by atoms with Gasteiger partial charge in [0.25, 0.3) is 0 Å². The molecule has 9 heteroatoms. The summed E-state index contributed by atoms with van der Waals surface area (Å²) in [6.07, 6.45) is -1.46. The lowest BCUT2D eigenvalue weighted by molar-refractivity contribution is -0.277. The Balaban J connectivity index is 1.81. The fourth-order valence-electron chi connectivity index (χ4n) is 5.63. The molecule has 2 aromatic carbocycles. The molecule has 5 N–H and O–H groups in total. The number of Topliss-reactive ketones (excluding diaryl/α,β-unsaturated/α-hetero) is 1. The van der Waals surface area contributed by atoms with Crippen molar-refractivity contribution in [2.45, 2.75) is 95.4 Å².